The van der Waals surface area contributed by atoms with E-state index in [-0.39, 0.29) is 12.5 Å². The highest BCUT2D eigenvalue weighted by Crippen LogP contribution is 2.02. The number of rotatable bonds is 8. The zero-order valence-corrected chi connectivity index (χ0v) is 9.70. The van der Waals surface area contributed by atoms with Crippen LogP contribution in [0.1, 0.15) is 46.0 Å². The third-order valence-corrected chi connectivity index (χ3v) is 2.38. The highest BCUT2D eigenvalue weighted by Gasteiger charge is 2.15. The second-order valence-electron chi connectivity index (χ2n) is 3.91. The van der Waals surface area contributed by atoms with Gasteiger partial charge in [0.25, 0.3) is 0 Å². The molecule has 4 nitrogen and oxygen atoms in total. The summed E-state index contributed by atoms with van der Waals surface area (Å²) in [6.45, 7) is 3.45. The predicted octanol–water partition coefficient (Wildman–Crippen LogP) is 0.815. The molecular formula is C11H23NO3. The Kier molecular flexibility index (Phi) is 8.33. The maximum absolute atomic E-state index is 11.3. The second-order valence-corrected chi connectivity index (χ2v) is 3.91. The van der Waals surface area contributed by atoms with Crippen LogP contribution in [0.2, 0.25) is 0 Å². The highest BCUT2D eigenvalue weighted by molar-refractivity contribution is 5.76. The molecule has 0 bridgehead atoms. The number of hydrogen-bond donors (Lipinski definition) is 3. The molecule has 0 aromatic rings. The summed E-state index contributed by atoms with van der Waals surface area (Å²) in [5.74, 6) is -0.0916. The van der Waals surface area contributed by atoms with Crippen molar-refractivity contribution in [3.63, 3.8) is 0 Å². The van der Waals surface area contributed by atoms with Gasteiger partial charge in [-0.05, 0) is 13.3 Å². The first-order chi connectivity index (χ1) is 7.11. The zero-order valence-electron chi connectivity index (χ0n) is 9.70. The quantitative estimate of drug-likeness (QED) is 0.527. The van der Waals surface area contributed by atoms with E-state index >= 15 is 0 Å². The summed E-state index contributed by atoms with van der Waals surface area (Å²) >= 11 is 0. The summed E-state index contributed by atoms with van der Waals surface area (Å²) < 4.78 is 0. The van der Waals surface area contributed by atoms with Crippen LogP contribution < -0.4 is 5.32 Å². The van der Waals surface area contributed by atoms with Crippen LogP contribution in [0.3, 0.4) is 0 Å². The Labute approximate surface area is 91.7 Å². The van der Waals surface area contributed by atoms with Gasteiger partial charge in [0, 0.05) is 6.42 Å². The number of hydrogen-bond acceptors (Lipinski definition) is 3. The van der Waals surface area contributed by atoms with Crippen LogP contribution in [0, 0.1) is 0 Å². The van der Waals surface area contributed by atoms with E-state index in [2.05, 4.69) is 12.2 Å². The lowest BCUT2D eigenvalue weighted by atomic mass is 10.1. The molecule has 0 saturated carbocycles. The van der Waals surface area contributed by atoms with Crippen LogP contribution in [0.4, 0.5) is 0 Å². The summed E-state index contributed by atoms with van der Waals surface area (Å²) in [5, 5.41) is 20.7. The number of carbonyl (C=O) groups is 1. The van der Waals surface area contributed by atoms with Gasteiger partial charge in [0.1, 0.15) is 0 Å². The van der Waals surface area contributed by atoms with Gasteiger partial charge in [-0.1, -0.05) is 26.2 Å². The van der Waals surface area contributed by atoms with E-state index < -0.39 is 12.1 Å². The van der Waals surface area contributed by atoms with Crippen LogP contribution in [-0.4, -0.2) is 34.9 Å². The van der Waals surface area contributed by atoms with E-state index in [0.717, 1.165) is 25.7 Å². The third kappa shape index (κ3) is 7.33. The molecule has 0 radical (unpaired) electrons. The van der Waals surface area contributed by atoms with Gasteiger partial charge in [-0.25, -0.2) is 0 Å². The first-order valence-electron chi connectivity index (χ1n) is 5.70. The number of amides is 1. The van der Waals surface area contributed by atoms with Crippen molar-refractivity contribution >= 4 is 5.91 Å². The van der Waals surface area contributed by atoms with Crippen molar-refractivity contribution < 1.29 is 15.0 Å². The van der Waals surface area contributed by atoms with Gasteiger partial charge in [-0.2, -0.15) is 0 Å². The van der Waals surface area contributed by atoms with E-state index in [1.807, 2.05) is 0 Å². The Morgan fingerprint density at radius 3 is 2.47 bits per heavy atom. The number of unbranched alkanes of at least 4 members (excludes halogenated alkanes) is 3. The maximum atomic E-state index is 11.3. The molecule has 3 N–H and O–H groups in total. The minimum absolute atomic E-state index is 0.0916. The lowest BCUT2D eigenvalue weighted by Gasteiger charge is -2.18. The van der Waals surface area contributed by atoms with E-state index in [4.69, 9.17) is 5.11 Å². The maximum Gasteiger partial charge on any atom is 0.220 e. The van der Waals surface area contributed by atoms with Gasteiger partial charge in [-0.15, -0.1) is 0 Å². The van der Waals surface area contributed by atoms with E-state index in [9.17, 15) is 9.90 Å². The van der Waals surface area contributed by atoms with E-state index in [1.54, 1.807) is 6.92 Å². The van der Waals surface area contributed by atoms with Gasteiger partial charge in [-0.3, -0.25) is 4.79 Å². The number of carbonyl (C=O) groups excluding carboxylic acids is 1. The standard InChI is InChI=1S/C11H23NO3/c1-3-4-5-6-7-11(15)12-10(8-13)9(2)14/h9-10,13-14H,3-8H2,1-2H3,(H,12,15)/t9-,10+/m1/s1. The first kappa shape index (κ1) is 14.4. The second kappa shape index (κ2) is 8.68. The number of nitrogens with one attached hydrogen (secondary N) is 1. The van der Waals surface area contributed by atoms with Crippen molar-refractivity contribution in [1.29, 1.82) is 0 Å². The molecule has 0 heterocycles. The molecular weight excluding hydrogens is 194 g/mol. The molecule has 0 rings (SSSR count). The monoisotopic (exact) mass is 217 g/mol. The summed E-state index contributed by atoms with van der Waals surface area (Å²) in [4.78, 5) is 11.3. The third-order valence-electron chi connectivity index (χ3n) is 2.38. The Hall–Kier alpha value is -0.610. The fourth-order valence-electron chi connectivity index (χ4n) is 1.31. The van der Waals surface area contributed by atoms with Crippen LogP contribution in [-0.2, 0) is 4.79 Å². The van der Waals surface area contributed by atoms with Crippen LogP contribution in [0.15, 0.2) is 0 Å². The van der Waals surface area contributed by atoms with Crippen molar-refractivity contribution in [2.45, 2.75) is 58.1 Å². The molecule has 0 spiro atoms. The lowest BCUT2D eigenvalue weighted by molar-refractivity contribution is -0.123. The summed E-state index contributed by atoms with van der Waals surface area (Å²) in [6, 6.07) is -0.538. The Balaban J connectivity index is 3.62. The average molecular weight is 217 g/mol. The minimum atomic E-state index is -0.713. The van der Waals surface area contributed by atoms with Crippen molar-refractivity contribution in [2.24, 2.45) is 0 Å². The van der Waals surface area contributed by atoms with Gasteiger partial charge in [0.15, 0.2) is 0 Å². The molecule has 0 fully saturated rings. The average Bonchev–Trinajstić information content (AvgIpc) is 2.20. The molecule has 1 amide bonds. The van der Waals surface area contributed by atoms with Gasteiger partial charge in [0.05, 0.1) is 18.8 Å². The zero-order chi connectivity index (χ0) is 11.7. The Morgan fingerprint density at radius 2 is 2.00 bits per heavy atom. The molecule has 0 aliphatic carbocycles. The minimum Gasteiger partial charge on any atom is -0.394 e. The van der Waals surface area contributed by atoms with Gasteiger partial charge in [0.2, 0.25) is 5.91 Å². The van der Waals surface area contributed by atoms with E-state index in [0.29, 0.717) is 6.42 Å². The van der Waals surface area contributed by atoms with Crippen molar-refractivity contribution in [2.75, 3.05) is 6.61 Å². The largest absolute Gasteiger partial charge is 0.394 e. The first-order valence-corrected chi connectivity index (χ1v) is 5.70. The summed E-state index contributed by atoms with van der Waals surface area (Å²) in [6.07, 6.45) is 3.99. The fourth-order valence-corrected chi connectivity index (χ4v) is 1.31. The molecule has 15 heavy (non-hydrogen) atoms. The van der Waals surface area contributed by atoms with Crippen LogP contribution in [0.5, 0.6) is 0 Å². The highest BCUT2D eigenvalue weighted by atomic mass is 16.3. The SMILES string of the molecule is CCCCCCC(=O)N[C@@H](CO)[C@@H](C)O. The molecule has 2 atom stereocenters. The van der Waals surface area contributed by atoms with Crippen LogP contribution in [0.25, 0.3) is 0 Å². The van der Waals surface area contributed by atoms with Crippen molar-refractivity contribution in [1.82, 2.24) is 5.32 Å². The molecule has 0 aromatic carbocycles. The summed E-state index contributed by atoms with van der Waals surface area (Å²) in [5.41, 5.74) is 0. The fraction of sp³-hybridized carbons (Fsp3) is 0.909. The Morgan fingerprint density at radius 1 is 1.33 bits per heavy atom. The van der Waals surface area contributed by atoms with Crippen LogP contribution >= 0.6 is 0 Å². The van der Waals surface area contributed by atoms with Crippen molar-refractivity contribution in [3.05, 3.63) is 0 Å². The Bertz CT molecular complexity index is 171. The molecule has 0 aliphatic heterocycles. The lowest BCUT2D eigenvalue weighted by Crippen LogP contribution is -2.44. The van der Waals surface area contributed by atoms with Gasteiger partial charge < -0.3 is 15.5 Å². The predicted molar refractivity (Wildman–Crippen MR) is 59.5 cm³/mol. The number of aliphatic hydroxyl groups is 2. The molecule has 0 saturated heterocycles. The molecule has 90 valence electrons. The molecule has 0 aromatic heterocycles. The molecule has 0 aliphatic rings. The number of aliphatic hydroxyl groups excluding tert-OH is 2. The van der Waals surface area contributed by atoms with E-state index in [1.165, 1.54) is 0 Å². The molecule has 0 unspecified atom stereocenters. The summed E-state index contributed by atoms with van der Waals surface area (Å²) in [7, 11) is 0. The van der Waals surface area contributed by atoms with Crippen molar-refractivity contribution in [3.8, 4) is 0 Å². The smallest absolute Gasteiger partial charge is 0.220 e. The molecule has 4 heteroatoms. The topological polar surface area (TPSA) is 69.6 Å². The normalized spacial score (nSPS) is 14.7. The van der Waals surface area contributed by atoms with Gasteiger partial charge >= 0.3 is 0 Å².